The highest BCUT2D eigenvalue weighted by atomic mass is 35.5. The Balaban J connectivity index is 1.63. The minimum Gasteiger partial charge on any atom is -0.491 e. The number of nitrogens with one attached hydrogen (secondary N) is 1. The van der Waals surface area contributed by atoms with Crippen LogP contribution in [0.15, 0.2) is 24.3 Å². The Kier molecular flexibility index (Phi) is 5.87. The topological polar surface area (TPSA) is 58.6 Å². The van der Waals surface area contributed by atoms with E-state index in [1.165, 1.54) is 0 Å². The first-order valence-electron chi connectivity index (χ1n) is 7.08. The number of carbonyl (C=O) groups excluding carboxylic acids is 2. The Hall–Kier alpha value is -1.75. The number of ether oxygens (including phenoxy) is 1. The third kappa shape index (κ3) is 4.93. The summed E-state index contributed by atoms with van der Waals surface area (Å²) in [6.07, 6.45) is 2.29. The number of hydrogen-bond donors (Lipinski definition) is 1. The highest BCUT2D eigenvalue weighted by Crippen LogP contribution is 2.22. The van der Waals surface area contributed by atoms with E-state index < -0.39 is 0 Å². The van der Waals surface area contributed by atoms with Crippen LogP contribution in [-0.2, 0) is 9.59 Å². The van der Waals surface area contributed by atoms with Crippen molar-refractivity contribution in [2.24, 2.45) is 0 Å². The molecular formula is C15H19ClN2O3. The van der Waals surface area contributed by atoms with Gasteiger partial charge in [0.05, 0.1) is 24.6 Å². The van der Waals surface area contributed by atoms with Crippen molar-refractivity contribution in [3.63, 3.8) is 0 Å². The van der Waals surface area contributed by atoms with Gasteiger partial charge in [0, 0.05) is 13.1 Å². The van der Waals surface area contributed by atoms with Crippen molar-refractivity contribution >= 4 is 23.4 Å². The molecule has 1 aromatic rings. The van der Waals surface area contributed by atoms with Gasteiger partial charge in [0.25, 0.3) is 0 Å². The summed E-state index contributed by atoms with van der Waals surface area (Å²) in [7, 11) is 0. The highest BCUT2D eigenvalue weighted by molar-refractivity contribution is 6.32. The molecule has 6 heteroatoms. The van der Waals surface area contributed by atoms with E-state index >= 15 is 0 Å². The van der Waals surface area contributed by atoms with Gasteiger partial charge in [-0.1, -0.05) is 23.7 Å². The molecule has 2 amide bonds. The first-order chi connectivity index (χ1) is 10.2. The number of carbonyl (C=O) groups is 2. The minimum absolute atomic E-state index is 0.0205. The van der Waals surface area contributed by atoms with Gasteiger partial charge in [0.15, 0.2) is 0 Å². The van der Waals surface area contributed by atoms with Crippen LogP contribution in [0.25, 0.3) is 0 Å². The van der Waals surface area contributed by atoms with E-state index in [1.54, 1.807) is 17.0 Å². The predicted molar refractivity (Wildman–Crippen MR) is 80.4 cm³/mol. The number of halogens is 1. The maximum Gasteiger partial charge on any atom is 0.241 e. The molecule has 0 bridgehead atoms. The third-order valence-electron chi connectivity index (χ3n) is 3.32. The van der Waals surface area contributed by atoms with Crippen molar-refractivity contribution in [1.29, 1.82) is 0 Å². The molecule has 2 rings (SSSR count). The van der Waals surface area contributed by atoms with Gasteiger partial charge in [-0.15, -0.1) is 0 Å². The highest BCUT2D eigenvalue weighted by Gasteiger charge is 2.17. The van der Waals surface area contributed by atoms with Crippen LogP contribution in [-0.4, -0.2) is 43.0 Å². The number of likely N-dealkylation sites (tertiary alicyclic amines) is 1. The average molecular weight is 311 g/mol. The van der Waals surface area contributed by atoms with Gasteiger partial charge < -0.3 is 15.0 Å². The Labute approximate surface area is 129 Å². The van der Waals surface area contributed by atoms with Crippen molar-refractivity contribution in [1.82, 2.24) is 10.2 Å². The Bertz CT molecular complexity index is 501. The first-order valence-corrected chi connectivity index (χ1v) is 7.46. The summed E-state index contributed by atoms with van der Waals surface area (Å²) in [5, 5.41) is 3.13. The molecule has 0 unspecified atom stereocenters. The fourth-order valence-electron chi connectivity index (χ4n) is 2.16. The van der Waals surface area contributed by atoms with E-state index in [1.807, 2.05) is 12.1 Å². The van der Waals surface area contributed by atoms with Gasteiger partial charge >= 0.3 is 0 Å². The molecule has 21 heavy (non-hydrogen) atoms. The standard InChI is InChI=1S/C15H19ClN2O3/c16-12-5-1-2-6-13(12)21-10-7-14(19)17-11-15(20)18-8-3-4-9-18/h1-2,5-6H,3-4,7-11H2,(H,17,19). The maximum atomic E-state index is 11.8. The first kappa shape index (κ1) is 15.6. The van der Waals surface area contributed by atoms with Gasteiger partial charge in [-0.25, -0.2) is 0 Å². The van der Waals surface area contributed by atoms with Crippen molar-refractivity contribution in [3.8, 4) is 5.75 Å². The molecule has 0 saturated carbocycles. The monoisotopic (exact) mass is 310 g/mol. The third-order valence-corrected chi connectivity index (χ3v) is 3.63. The lowest BCUT2D eigenvalue weighted by Crippen LogP contribution is -2.38. The Morgan fingerprint density at radius 3 is 2.67 bits per heavy atom. The van der Waals surface area contributed by atoms with Gasteiger partial charge in [0.2, 0.25) is 11.8 Å². The number of benzene rings is 1. The molecule has 1 heterocycles. The molecule has 1 saturated heterocycles. The second-order valence-corrected chi connectivity index (χ2v) is 5.30. The molecule has 1 aliphatic heterocycles. The van der Waals surface area contributed by atoms with E-state index in [-0.39, 0.29) is 31.4 Å². The summed E-state index contributed by atoms with van der Waals surface area (Å²) >= 11 is 5.94. The SMILES string of the molecule is O=C(CCOc1ccccc1Cl)NCC(=O)N1CCCC1. The summed E-state index contributed by atoms with van der Waals surface area (Å²) in [5.41, 5.74) is 0. The van der Waals surface area contributed by atoms with Crippen molar-refractivity contribution < 1.29 is 14.3 Å². The number of nitrogens with zero attached hydrogens (tertiary/aromatic N) is 1. The Morgan fingerprint density at radius 2 is 1.95 bits per heavy atom. The molecule has 5 nitrogen and oxygen atoms in total. The van der Waals surface area contributed by atoms with E-state index in [0.29, 0.717) is 10.8 Å². The van der Waals surface area contributed by atoms with Crippen LogP contribution in [0.3, 0.4) is 0 Å². The molecule has 1 aromatic carbocycles. The normalized spacial score (nSPS) is 14.0. The lowest BCUT2D eigenvalue weighted by molar-refractivity contribution is -0.132. The van der Waals surface area contributed by atoms with Crippen LogP contribution in [0.1, 0.15) is 19.3 Å². The maximum absolute atomic E-state index is 11.8. The smallest absolute Gasteiger partial charge is 0.241 e. The van der Waals surface area contributed by atoms with Crippen LogP contribution in [0.2, 0.25) is 5.02 Å². The second-order valence-electron chi connectivity index (χ2n) is 4.89. The molecule has 0 aromatic heterocycles. The van der Waals surface area contributed by atoms with Crippen molar-refractivity contribution in [2.45, 2.75) is 19.3 Å². The molecular weight excluding hydrogens is 292 g/mol. The minimum atomic E-state index is -0.199. The zero-order valence-corrected chi connectivity index (χ0v) is 12.6. The van der Waals surface area contributed by atoms with Gasteiger partial charge in [-0.05, 0) is 25.0 Å². The van der Waals surface area contributed by atoms with E-state index in [0.717, 1.165) is 25.9 Å². The fraction of sp³-hybridized carbons (Fsp3) is 0.467. The Morgan fingerprint density at radius 1 is 1.24 bits per heavy atom. The average Bonchev–Trinajstić information content (AvgIpc) is 3.01. The van der Waals surface area contributed by atoms with Crippen LogP contribution in [0.4, 0.5) is 0 Å². The zero-order chi connectivity index (χ0) is 15.1. The van der Waals surface area contributed by atoms with Gasteiger partial charge in [-0.2, -0.15) is 0 Å². The molecule has 1 fully saturated rings. The summed E-state index contributed by atoms with van der Waals surface area (Å²) in [6, 6.07) is 7.10. The van der Waals surface area contributed by atoms with Crippen LogP contribution < -0.4 is 10.1 Å². The van der Waals surface area contributed by atoms with Crippen LogP contribution >= 0.6 is 11.6 Å². The molecule has 0 spiro atoms. The zero-order valence-electron chi connectivity index (χ0n) is 11.8. The molecule has 114 valence electrons. The second kappa shape index (κ2) is 7.88. The fourth-order valence-corrected chi connectivity index (χ4v) is 2.35. The molecule has 1 aliphatic rings. The summed E-state index contributed by atoms with van der Waals surface area (Å²) < 4.78 is 5.43. The molecule has 0 atom stereocenters. The quantitative estimate of drug-likeness (QED) is 0.872. The predicted octanol–water partition coefficient (Wildman–Crippen LogP) is 1.85. The number of amides is 2. The van der Waals surface area contributed by atoms with Gasteiger partial charge in [-0.3, -0.25) is 9.59 Å². The summed E-state index contributed by atoms with van der Waals surface area (Å²) in [6.45, 7) is 1.88. The van der Waals surface area contributed by atoms with Crippen molar-refractivity contribution in [2.75, 3.05) is 26.2 Å². The molecule has 0 aliphatic carbocycles. The largest absolute Gasteiger partial charge is 0.491 e. The lowest BCUT2D eigenvalue weighted by Gasteiger charge is -2.15. The number of para-hydroxylation sites is 1. The number of hydrogen-bond acceptors (Lipinski definition) is 3. The van der Waals surface area contributed by atoms with E-state index in [4.69, 9.17) is 16.3 Å². The van der Waals surface area contributed by atoms with Crippen LogP contribution in [0, 0.1) is 0 Å². The molecule has 1 N–H and O–H groups in total. The van der Waals surface area contributed by atoms with Gasteiger partial charge in [0.1, 0.15) is 5.75 Å². The number of rotatable bonds is 6. The van der Waals surface area contributed by atoms with Crippen LogP contribution in [0.5, 0.6) is 5.75 Å². The molecule has 0 radical (unpaired) electrons. The van der Waals surface area contributed by atoms with E-state index in [2.05, 4.69) is 5.32 Å². The summed E-state index contributed by atoms with van der Waals surface area (Å²) in [4.78, 5) is 25.2. The summed E-state index contributed by atoms with van der Waals surface area (Å²) in [5.74, 6) is 0.336. The lowest BCUT2D eigenvalue weighted by atomic mass is 10.3. The van der Waals surface area contributed by atoms with E-state index in [9.17, 15) is 9.59 Å². The van der Waals surface area contributed by atoms with Crippen molar-refractivity contribution in [3.05, 3.63) is 29.3 Å².